The van der Waals surface area contributed by atoms with E-state index in [0.717, 1.165) is 11.3 Å². The lowest BCUT2D eigenvalue weighted by Gasteiger charge is -2.21. The first-order valence-electron chi connectivity index (χ1n) is 5.61. The van der Waals surface area contributed by atoms with Gasteiger partial charge in [-0.25, -0.2) is 0 Å². The van der Waals surface area contributed by atoms with Gasteiger partial charge in [-0.1, -0.05) is 12.1 Å². The predicted octanol–water partition coefficient (Wildman–Crippen LogP) is 1.30. The van der Waals surface area contributed by atoms with E-state index in [4.69, 9.17) is 10.5 Å². The van der Waals surface area contributed by atoms with Gasteiger partial charge in [-0.2, -0.15) is 0 Å². The van der Waals surface area contributed by atoms with Crippen molar-refractivity contribution in [2.45, 2.75) is 20.4 Å². The molecule has 17 heavy (non-hydrogen) atoms. The highest BCUT2D eigenvalue weighted by molar-refractivity contribution is 5.82. The van der Waals surface area contributed by atoms with Gasteiger partial charge in [0.1, 0.15) is 5.75 Å². The molecule has 0 aliphatic rings. The molecule has 1 aromatic carbocycles. The topological polar surface area (TPSA) is 64.3 Å². The number of hydrogen-bond acceptors (Lipinski definition) is 3. The van der Waals surface area contributed by atoms with Crippen molar-refractivity contribution in [3.63, 3.8) is 0 Å². The number of carbonyl (C=O) groups excluding carboxylic acids is 1. The number of hydrogen-bond donors (Lipinski definition) is 2. The van der Waals surface area contributed by atoms with Crippen LogP contribution in [0.25, 0.3) is 0 Å². The van der Waals surface area contributed by atoms with Gasteiger partial charge in [0.15, 0.2) is 0 Å². The monoisotopic (exact) mass is 236 g/mol. The Balaban J connectivity index is 2.58. The SMILES string of the molecule is COc1cccc(CNC(=O)C(C)(C)CN)c1. The van der Waals surface area contributed by atoms with Crippen LogP contribution in [0.2, 0.25) is 0 Å². The average molecular weight is 236 g/mol. The zero-order valence-electron chi connectivity index (χ0n) is 10.6. The van der Waals surface area contributed by atoms with Gasteiger partial charge >= 0.3 is 0 Å². The minimum absolute atomic E-state index is 0.0391. The summed E-state index contributed by atoms with van der Waals surface area (Å²) in [7, 11) is 1.62. The highest BCUT2D eigenvalue weighted by Gasteiger charge is 2.25. The molecule has 4 nitrogen and oxygen atoms in total. The fourth-order valence-corrected chi connectivity index (χ4v) is 1.30. The molecular formula is C13H20N2O2. The van der Waals surface area contributed by atoms with Crippen molar-refractivity contribution in [1.82, 2.24) is 5.32 Å². The second-order valence-corrected chi connectivity index (χ2v) is 4.62. The maximum Gasteiger partial charge on any atom is 0.227 e. The molecule has 0 spiro atoms. The molecule has 0 aliphatic carbocycles. The summed E-state index contributed by atoms with van der Waals surface area (Å²) in [6, 6.07) is 7.61. The molecule has 0 saturated heterocycles. The summed E-state index contributed by atoms with van der Waals surface area (Å²) in [6.07, 6.45) is 0. The van der Waals surface area contributed by atoms with Crippen LogP contribution in [-0.2, 0) is 11.3 Å². The Labute approximate surface area is 102 Å². The van der Waals surface area contributed by atoms with Crippen molar-refractivity contribution in [3.8, 4) is 5.75 Å². The molecule has 1 aromatic rings. The third-order valence-electron chi connectivity index (χ3n) is 2.71. The summed E-state index contributed by atoms with van der Waals surface area (Å²) in [5, 5.41) is 2.87. The van der Waals surface area contributed by atoms with E-state index in [1.165, 1.54) is 0 Å². The lowest BCUT2D eigenvalue weighted by Crippen LogP contribution is -2.41. The van der Waals surface area contributed by atoms with E-state index in [-0.39, 0.29) is 5.91 Å². The molecule has 0 atom stereocenters. The normalized spacial score (nSPS) is 11.1. The molecule has 94 valence electrons. The molecule has 0 aromatic heterocycles. The molecule has 0 radical (unpaired) electrons. The van der Waals surface area contributed by atoms with Gasteiger partial charge in [0, 0.05) is 13.1 Å². The first kappa shape index (κ1) is 13.5. The second-order valence-electron chi connectivity index (χ2n) is 4.62. The van der Waals surface area contributed by atoms with Crippen molar-refractivity contribution < 1.29 is 9.53 Å². The molecule has 0 bridgehead atoms. The third kappa shape index (κ3) is 3.75. The summed E-state index contributed by atoms with van der Waals surface area (Å²) in [5.41, 5.74) is 6.02. The molecule has 1 amide bonds. The quantitative estimate of drug-likeness (QED) is 0.810. The summed E-state index contributed by atoms with van der Waals surface area (Å²) >= 11 is 0. The lowest BCUT2D eigenvalue weighted by atomic mass is 9.92. The van der Waals surface area contributed by atoms with E-state index in [2.05, 4.69) is 5.32 Å². The minimum atomic E-state index is -0.529. The van der Waals surface area contributed by atoms with Gasteiger partial charge in [0.05, 0.1) is 12.5 Å². The fraction of sp³-hybridized carbons (Fsp3) is 0.462. The fourth-order valence-electron chi connectivity index (χ4n) is 1.30. The minimum Gasteiger partial charge on any atom is -0.497 e. The molecule has 3 N–H and O–H groups in total. The van der Waals surface area contributed by atoms with Gasteiger partial charge in [-0.05, 0) is 31.5 Å². The van der Waals surface area contributed by atoms with Crippen molar-refractivity contribution >= 4 is 5.91 Å². The lowest BCUT2D eigenvalue weighted by molar-refractivity contribution is -0.129. The number of carbonyl (C=O) groups is 1. The van der Waals surface area contributed by atoms with Gasteiger partial charge in [0.25, 0.3) is 0 Å². The van der Waals surface area contributed by atoms with Crippen molar-refractivity contribution in [2.24, 2.45) is 11.1 Å². The Morgan fingerprint density at radius 3 is 2.76 bits per heavy atom. The van der Waals surface area contributed by atoms with Crippen LogP contribution >= 0.6 is 0 Å². The number of nitrogens with one attached hydrogen (secondary N) is 1. The van der Waals surface area contributed by atoms with E-state index in [1.807, 2.05) is 38.1 Å². The summed E-state index contributed by atoms with van der Waals surface area (Å²) < 4.78 is 5.12. The van der Waals surface area contributed by atoms with Gasteiger partial charge in [-0.3, -0.25) is 4.79 Å². The maximum absolute atomic E-state index is 11.8. The first-order valence-corrected chi connectivity index (χ1v) is 5.61. The largest absolute Gasteiger partial charge is 0.497 e. The molecular weight excluding hydrogens is 216 g/mol. The highest BCUT2D eigenvalue weighted by Crippen LogP contribution is 2.15. The first-order chi connectivity index (χ1) is 7.99. The molecule has 0 fully saturated rings. The Bertz CT molecular complexity index is 389. The smallest absolute Gasteiger partial charge is 0.227 e. The molecule has 0 heterocycles. The van der Waals surface area contributed by atoms with Gasteiger partial charge in [-0.15, -0.1) is 0 Å². The van der Waals surface area contributed by atoms with Crippen molar-refractivity contribution in [2.75, 3.05) is 13.7 Å². The molecule has 0 unspecified atom stereocenters. The third-order valence-corrected chi connectivity index (χ3v) is 2.71. The molecule has 1 rings (SSSR count). The molecule has 4 heteroatoms. The zero-order chi connectivity index (χ0) is 12.9. The maximum atomic E-state index is 11.8. The highest BCUT2D eigenvalue weighted by atomic mass is 16.5. The van der Waals surface area contributed by atoms with E-state index in [1.54, 1.807) is 7.11 Å². The zero-order valence-corrected chi connectivity index (χ0v) is 10.6. The van der Waals surface area contributed by atoms with E-state index < -0.39 is 5.41 Å². The van der Waals surface area contributed by atoms with Crippen LogP contribution in [0.15, 0.2) is 24.3 Å². The van der Waals surface area contributed by atoms with Crippen LogP contribution in [0.4, 0.5) is 0 Å². The van der Waals surface area contributed by atoms with Crippen LogP contribution in [0.3, 0.4) is 0 Å². The summed E-state index contributed by atoms with van der Waals surface area (Å²) in [5.74, 6) is 0.748. The number of nitrogens with two attached hydrogens (primary N) is 1. The summed E-state index contributed by atoms with van der Waals surface area (Å²) in [4.78, 5) is 11.8. The Kier molecular flexibility index (Phi) is 4.52. The second kappa shape index (κ2) is 5.68. The molecule has 0 aliphatic heterocycles. The van der Waals surface area contributed by atoms with Crippen LogP contribution < -0.4 is 15.8 Å². The number of benzene rings is 1. The number of rotatable bonds is 5. The van der Waals surface area contributed by atoms with Crippen LogP contribution in [0, 0.1) is 5.41 Å². The van der Waals surface area contributed by atoms with Crippen LogP contribution in [0.1, 0.15) is 19.4 Å². The Morgan fingerprint density at radius 2 is 2.18 bits per heavy atom. The van der Waals surface area contributed by atoms with Crippen LogP contribution in [0.5, 0.6) is 5.75 Å². The van der Waals surface area contributed by atoms with Gasteiger partial charge in [0.2, 0.25) is 5.91 Å². The summed E-state index contributed by atoms with van der Waals surface area (Å²) in [6.45, 7) is 4.47. The Morgan fingerprint density at radius 1 is 1.47 bits per heavy atom. The van der Waals surface area contributed by atoms with Gasteiger partial charge < -0.3 is 15.8 Å². The van der Waals surface area contributed by atoms with E-state index >= 15 is 0 Å². The standard InChI is InChI=1S/C13H20N2O2/c1-13(2,9-14)12(16)15-8-10-5-4-6-11(7-10)17-3/h4-7H,8-9,14H2,1-3H3,(H,15,16). The number of amides is 1. The number of ether oxygens (including phenoxy) is 1. The van der Waals surface area contributed by atoms with Crippen LogP contribution in [-0.4, -0.2) is 19.6 Å². The van der Waals surface area contributed by atoms with E-state index in [0.29, 0.717) is 13.1 Å². The number of methoxy groups -OCH3 is 1. The molecule has 0 saturated carbocycles. The van der Waals surface area contributed by atoms with E-state index in [9.17, 15) is 4.79 Å². The van der Waals surface area contributed by atoms with Crippen molar-refractivity contribution in [3.05, 3.63) is 29.8 Å². The average Bonchev–Trinajstić information content (AvgIpc) is 2.36. The van der Waals surface area contributed by atoms with Crippen molar-refractivity contribution in [1.29, 1.82) is 0 Å². The Hall–Kier alpha value is -1.55. The predicted molar refractivity (Wildman–Crippen MR) is 67.7 cm³/mol.